The minimum atomic E-state index is -0.833. The molecule has 1 fully saturated rings. The number of likely N-dealkylation sites (tertiary alicyclic amines) is 1. The van der Waals surface area contributed by atoms with Crippen LogP contribution in [-0.4, -0.2) is 72.5 Å². The molecule has 2 aromatic carbocycles. The Morgan fingerprint density at radius 2 is 1.94 bits per heavy atom. The second-order valence-corrected chi connectivity index (χ2v) is 8.39. The molecule has 35 heavy (non-hydrogen) atoms. The van der Waals surface area contributed by atoms with E-state index in [9.17, 15) is 14.3 Å². The van der Waals surface area contributed by atoms with Crippen LogP contribution >= 0.6 is 11.6 Å². The molecule has 0 aliphatic carbocycles. The number of benzene rings is 2. The number of nitrogen functional groups attached to an aromatic ring is 1. The van der Waals surface area contributed by atoms with Crippen molar-refractivity contribution in [3.8, 4) is 11.5 Å². The third-order valence-electron chi connectivity index (χ3n) is 5.25. The van der Waals surface area contributed by atoms with Crippen LogP contribution < -0.4 is 20.5 Å². The van der Waals surface area contributed by atoms with Gasteiger partial charge in [0.15, 0.2) is 0 Å². The number of carbonyl (C=O) groups excluding carboxylic acids is 1. The Balaban J connectivity index is 0.00000100. The summed E-state index contributed by atoms with van der Waals surface area (Å²) in [6, 6.07) is 8.50. The molecule has 1 heterocycles. The molecular formula is C24H31ClFN3O6. The summed E-state index contributed by atoms with van der Waals surface area (Å²) in [5.41, 5.74) is 6.36. The highest BCUT2D eigenvalue weighted by atomic mass is 35.5. The average Bonchev–Trinajstić information content (AvgIpc) is 2.80. The van der Waals surface area contributed by atoms with E-state index in [1.54, 1.807) is 12.1 Å². The number of methoxy groups -OCH3 is 1. The maximum atomic E-state index is 12.9. The van der Waals surface area contributed by atoms with E-state index >= 15 is 0 Å². The van der Waals surface area contributed by atoms with Crippen molar-refractivity contribution in [3.63, 3.8) is 0 Å². The van der Waals surface area contributed by atoms with Crippen LogP contribution in [0.15, 0.2) is 36.4 Å². The molecule has 2 aromatic rings. The van der Waals surface area contributed by atoms with Crippen molar-refractivity contribution >= 4 is 29.2 Å². The van der Waals surface area contributed by atoms with Crippen molar-refractivity contribution in [2.24, 2.45) is 0 Å². The first kappa shape index (κ1) is 28.2. The van der Waals surface area contributed by atoms with Gasteiger partial charge in [0.05, 0.1) is 42.1 Å². The molecule has 3 rings (SSSR count). The second-order valence-electron chi connectivity index (χ2n) is 7.99. The number of hydrogen-bond acceptors (Lipinski definition) is 7. The number of rotatable bonds is 8. The first-order valence-electron chi connectivity index (χ1n) is 11.0. The van der Waals surface area contributed by atoms with E-state index < -0.39 is 12.1 Å². The standard InChI is InChI=1S/C22H27ClFN3O4.C2H4O2/c1-30-21-12-18(25)17(23)11-16(21)22(29)26-19-7-9-27(13-20(19)28)8-2-10-31-15-5-3-14(24)4-6-15;1-2(3)4/h3-6,11-12,19-20,28H,2,7-10,13,25H2,1H3,(H,26,29);1H3,(H,3,4). The Hall–Kier alpha value is -3.08. The number of nitrogens with two attached hydrogens (primary N) is 1. The molecule has 0 bridgehead atoms. The highest BCUT2D eigenvalue weighted by molar-refractivity contribution is 6.33. The number of amides is 1. The number of carboxylic acids is 1. The largest absolute Gasteiger partial charge is 0.496 e. The summed E-state index contributed by atoms with van der Waals surface area (Å²) in [6.45, 7) is 3.51. The number of aliphatic carboxylic acids is 1. The van der Waals surface area contributed by atoms with E-state index in [2.05, 4.69) is 10.2 Å². The minimum Gasteiger partial charge on any atom is -0.496 e. The zero-order valence-corrected chi connectivity index (χ0v) is 20.4. The maximum absolute atomic E-state index is 12.9. The molecule has 0 saturated carbocycles. The molecule has 1 amide bonds. The molecule has 1 saturated heterocycles. The van der Waals surface area contributed by atoms with Crippen LogP contribution in [0.1, 0.15) is 30.1 Å². The van der Waals surface area contributed by atoms with Crippen LogP contribution in [-0.2, 0) is 4.79 Å². The second kappa shape index (κ2) is 13.7. The van der Waals surface area contributed by atoms with Gasteiger partial charge in [-0.3, -0.25) is 9.59 Å². The molecular weight excluding hydrogens is 481 g/mol. The summed E-state index contributed by atoms with van der Waals surface area (Å²) in [7, 11) is 1.45. The summed E-state index contributed by atoms with van der Waals surface area (Å²) in [4.78, 5) is 23.8. The van der Waals surface area contributed by atoms with Gasteiger partial charge in [-0.1, -0.05) is 11.6 Å². The molecule has 192 valence electrons. The number of carbonyl (C=O) groups is 2. The lowest BCUT2D eigenvalue weighted by atomic mass is 10.0. The van der Waals surface area contributed by atoms with Gasteiger partial charge in [0.1, 0.15) is 17.3 Å². The summed E-state index contributed by atoms with van der Waals surface area (Å²) in [6.07, 6.45) is 0.671. The van der Waals surface area contributed by atoms with Gasteiger partial charge in [-0.15, -0.1) is 0 Å². The lowest BCUT2D eigenvalue weighted by Crippen LogP contribution is -2.54. The van der Waals surface area contributed by atoms with E-state index in [4.69, 9.17) is 36.7 Å². The van der Waals surface area contributed by atoms with Crippen molar-refractivity contribution in [2.45, 2.75) is 31.9 Å². The molecule has 2 atom stereocenters. The molecule has 1 aliphatic heterocycles. The van der Waals surface area contributed by atoms with Gasteiger partial charge in [0, 0.05) is 32.6 Å². The van der Waals surface area contributed by atoms with E-state index in [1.165, 1.54) is 31.4 Å². The molecule has 0 aromatic heterocycles. The van der Waals surface area contributed by atoms with Crippen molar-refractivity contribution in [2.75, 3.05) is 39.1 Å². The first-order chi connectivity index (χ1) is 16.6. The minimum absolute atomic E-state index is 0.268. The van der Waals surface area contributed by atoms with Crippen molar-refractivity contribution in [3.05, 3.63) is 52.8 Å². The Labute approximate surface area is 208 Å². The number of ether oxygens (including phenoxy) is 2. The van der Waals surface area contributed by atoms with E-state index in [1.807, 2.05) is 0 Å². The Morgan fingerprint density at radius 3 is 2.54 bits per heavy atom. The quantitative estimate of drug-likeness (QED) is 0.314. The Morgan fingerprint density at radius 1 is 1.29 bits per heavy atom. The smallest absolute Gasteiger partial charge is 0.300 e. The number of nitrogens with one attached hydrogen (secondary N) is 1. The predicted octanol–water partition coefficient (Wildman–Crippen LogP) is 2.79. The molecule has 1 aliphatic rings. The molecule has 5 N–H and O–H groups in total. The fraction of sp³-hybridized carbons (Fsp3) is 0.417. The number of nitrogens with zero attached hydrogens (tertiary/aromatic N) is 1. The lowest BCUT2D eigenvalue weighted by Gasteiger charge is -2.36. The van der Waals surface area contributed by atoms with Gasteiger partial charge >= 0.3 is 0 Å². The first-order valence-corrected chi connectivity index (χ1v) is 11.4. The van der Waals surface area contributed by atoms with Gasteiger partial charge < -0.3 is 35.6 Å². The molecule has 0 spiro atoms. The van der Waals surface area contributed by atoms with Gasteiger partial charge in [-0.05, 0) is 43.2 Å². The van der Waals surface area contributed by atoms with Gasteiger partial charge in [0.25, 0.3) is 11.9 Å². The van der Waals surface area contributed by atoms with E-state index in [0.717, 1.165) is 26.4 Å². The number of carboxylic acid groups (broad SMARTS) is 1. The van der Waals surface area contributed by atoms with Gasteiger partial charge in [-0.25, -0.2) is 4.39 Å². The molecule has 0 radical (unpaired) electrons. The highest BCUT2D eigenvalue weighted by Gasteiger charge is 2.29. The highest BCUT2D eigenvalue weighted by Crippen LogP contribution is 2.29. The number of aliphatic hydroxyl groups excluding tert-OH is 1. The van der Waals surface area contributed by atoms with Crippen molar-refractivity contribution in [1.29, 1.82) is 0 Å². The van der Waals surface area contributed by atoms with Crippen LogP contribution in [0, 0.1) is 5.82 Å². The van der Waals surface area contributed by atoms with E-state index in [0.29, 0.717) is 36.8 Å². The summed E-state index contributed by atoms with van der Waals surface area (Å²) in [5.74, 6) is -0.549. The lowest BCUT2D eigenvalue weighted by molar-refractivity contribution is -0.134. The number of β-amino-alcohol motifs (C(OH)–C–C–N with tert-alkyl or cyclic N) is 1. The maximum Gasteiger partial charge on any atom is 0.300 e. The average molecular weight is 512 g/mol. The van der Waals surface area contributed by atoms with Crippen molar-refractivity contribution < 1.29 is 33.7 Å². The fourth-order valence-electron chi connectivity index (χ4n) is 3.54. The number of hydrogen-bond donors (Lipinski definition) is 4. The molecule has 9 nitrogen and oxygen atoms in total. The normalized spacial score (nSPS) is 17.6. The van der Waals surface area contributed by atoms with Gasteiger partial charge in [0.2, 0.25) is 0 Å². The SMILES string of the molecule is CC(=O)O.COc1cc(N)c(Cl)cc1C(=O)NC1CCN(CCCOc2ccc(F)cc2)CC1O. The zero-order chi connectivity index (χ0) is 26.0. The summed E-state index contributed by atoms with van der Waals surface area (Å²) in [5, 5.41) is 21.1. The van der Waals surface area contributed by atoms with Crippen molar-refractivity contribution in [1.82, 2.24) is 10.2 Å². The summed E-state index contributed by atoms with van der Waals surface area (Å²) >= 11 is 6.04. The van der Waals surface area contributed by atoms with Crippen LogP contribution in [0.25, 0.3) is 0 Å². The number of piperidine rings is 1. The van der Waals surface area contributed by atoms with Crippen LogP contribution in [0.4, 0.5) is 10.1 Å². The summed E-state index contributed by atoms with van der Waals surface area (Å²) < 4.78 is 23.7. The topological polar surface area (TPSA) is 134 Å². The Bertz CT molecular complexity index is 988. The van der Waals surface area contributed by atoms with Crippen LogP contribution in [0.3, 0.4) is 0 Å². The van der Waals surface area contributed by atoms with Gasteiger partial charge in [-0.2, -0.15) is 0 Å². The molecule has 2 unspecified atom stereocenters. The fourth-order valence-corrected chi connectivity index (χ4v) is 3.70. The number of anilines is 1. The monoisotopic (exact) mass is 511 g/mol. The third kappa shape index (κ3) is 9.23. The van der Waals surface area contributed by atoms with Crippen LogP contribution in [0.5, 0.6) is 11.5 Å². The third-order valence-corrected chi connectivity index (χ3v) is 5.57. The number of aliphatic hydroxyl groups is 1. The molecule has 11 heteroatoms. The Kier molecular flexibility index (Phi) is 11.0. The van der Waals surface area contributed by atoms with Crippen LogP contribution in [0.2, 0.25) is 5.02 Å². The zero-order valence-electron chi connectivity index (χ0n) is 19.7. The number of halogens is 2. The van der Waals surface area contributed by atoms with E-state index in [-0.39, 0.29) is 28.4 Å². The predicted molar refractivity (Wildman–Crippen MR) is 131 cm³/mol.